The first kappa shape index (κ1) is 16.3. The molecule has 6 heteroatoms. The number of hydrogen-bond donors (Lipinski definition) is 0. The molecule has 6 nitrogen and oxygen atoms in total. The number of nitrogens with zero attached hydrogens (tertiary/aromatic N) is 2. The number of hydrogen-bond acceptors (Lipinski definition) is 5. The third kappa shape index (κ3) is 4.45. The molecule has 0 N–H and O–H groups in total. The number of ether oxygens (including phenoxy) is 3. The fraction of sp³-hybridized carbons (Fsp3) is 0.333. The predicted molar refractivity (Wildman–Crippen MR) is 88.2 cm³/mol. The Balaban J connectivity index is 1.55. The molecular weight excluding hydrogens is 308 g/mol. The van der Waals surface area contributed by atoms with Crippen LogP contribution < -0.4 is 9.47 Å². The van der Waals surface area contributed by atoms with Gasteiger partial charge < -0.3 is 19.1 Å². The molecule has 0 radical (unpaired) electrons. The molecule has 2 aromatic rings. The number of pyridine rings is 1. The van der Waals surface area contributed by atoms with Gasteiger partial charge in [0.25, 0.3) is 5.91 Å². The number of amides is 1. The van der Waals surface area contributed by atoms with Crippen LogP contribution in [-0.4, -0.2) is 48.2 Å². The van der Waals surface area contributed by atoms with Crippen molar-refractivity contribution in [3.8, 4) is 17.4 Å². The van der Waals surface area contributed by atoms with Crippen molar-refractivity contribution >= 4 is 5.91 Å². The van der Waals surface area contributed by atoms with Crippen molar-refractivity contribution in [1.82, 2.24) is 9.88 Å². The zero-order valence-electron chi connectivity index (χ0n) is 13.6. The summed E-state index contributed by atoms with van der Waals surface area (Å²) in [5.41, 5.74) is 0. The van der Waals surface area contributed by atoms with Gasteiger partial charge in [0.2, 0.25) is 5.88 Å². The summed E-state index contributed by atoms with van der Waals surface area (Å²) in [5.74, 6) is 1.66. The molecule has 1 aliphatic heterocycles. The predicted octanol–water partition coefficient (Wildman–Crippen LogP) is 2.50. The molecule has 1 aromatic heterocycles. The maximum absolute atomic E-state index is 12.2. The van der Waals surface area contributed by atoms with Gasteiger partial charge >= 0.3 is 0 Å². The summed E-state index contributed by atoms with van der Waals surface area (Å²) in [6.07, 6.45) is 1.73. The number of benzene rings is 1. The van der Waals surface area contributed by atoms with Crippen LogP contribution in [0, 0.1) is 0 Å². The molecule has 1 aliphatic rings. The monoisotopic (exact) mass is 328 g/mol. The summed E-state index contributed by atoms with van der Waals surface area (Å²) in [6, 6.07) is 12.6. The molecule has 1 aromatic carbocycles. The lowest BCUT2D eigenvalue weighted by Crippen LogP contribution is -2.46. The second kappa shape index (κ2) is 7.79. The van der Waals surface area contributed by atoms with E-state index in [0.29, 0.717) is 37.1 Å². The SMILES string of the molecule is C[C@@H]1CN(C(=O)COc2cccc(Oc3ccccn3)c2)CCO1. The largest absolute Gasteiger partial charge is 0.484 e. The molecular formula is C18H20N2O4. The zero-order valence-corrected chi connectivity index (χ0v) is 13.6. The molecule has 1 saturated heterocycles. The van der Waals surface area contributed by atoms with Crippen molar-refractivity contribution in [1.29, 1.82) is 0 Å². The minimum absolute atomic E-state index is 0.000238. The first-order valence-electron chi connectivity index (χ1n) is 7.92. The Morgan fingerprint density at radius 1 is 1.29 bits per heavy atom. The Bertz CT molecular complexity index is 678. The van der Waals surface area contributed by atoms with Gasteiger partial charge in [-0.3, -0.25) is 4.79 Å². The summed E-state index contributed by atoms with van der Waals surface area (Å²) in [6.45, 7) is 3.74. The Morgan fingerprint density at radius 3 is 2.96 bits per heavy atom. The van der Waals surface area contributed by atoms with E-state index in [1.807, 2.05) is 31.2 Å². The summed E-state index contributed by atoms with van der Waals surface area (Å²) in [7, 11) is 0. The number of morpholine rings is 1. The Morgan fingerprint density at radius 2 is 2.17 bits per heavy atom. The smallest absolute Gasteiger partial charge is 0.260 e. The normalized spacial score (nSPS) is 17.4. The minimum atomic E-state index is -0.0406. The third-order valence-corrected chi connectivity index (χ3v) is 3.62. The molecule has 24 heavy (non-hydrogen) atoms. The quantitative estimate of drug-likeness (QED) is 0.844. The van der Waals surface area contributed by atoms with Gasteiger partial charge in [-0.2, -0.15) is 0 Å². The molecule has 0 saturated carbocycles. The van der Waals surface area contributed by atoms with Crippen LogP contribution in [-0.2, 0) is 9.53 Å². The maximum Gasteiger partial charge on any atom is 0.260 e. The average Bonchev–Trinajstić information content (AvgIpc) is 2.61. The highest BCUT2D eigenvalue weighted by molar-refractivity contribution is 5.77. The highest BCUT2D eigenvalue weighted by Crippen LogP contribution is 2.23. The van der Waals surface area contributed by atoms with Gasteiger partial charge in [0, 0.05) is 31.4 Å². The van der Waals surface area contributed by atoms with Gasteiger partial charge in [-0.05, 0) is 25.1 Å². The van der Waals surface area contributed by atoms with Crippen molar-refractivity contribution in [3.05, 3.63) is 48.7 Å². The van der Waals surface area contributed by atoms with E-state index in [1.165, 1.54) is 0 Å². The van der Waals surface area contributed by atoms with Crippen LogP contribution in [0.2, 0.25) is 0 Å². The minimum Gasteiger partial charge on any atom is -0.484 e. The number of carbonyl (C=O) groups excluding carboxylic acids is 1. The van der Waals surface area contributed by atoms with Crippen LogP contribution in [0.5, 0.6) is 17.4 Å². The van der Waals surface area contributed by atoms with Crippen molar-refractivity contribution in [2.24, 2.45) is 0 Å². The highest BCUT2D eigenvalue weighted by Gasteiger charge is 2.21. The molecule has 0 bridgehead atoms. The van der Waals surface area contributed by atoms with Gasteiger partial charge in [0.1, 0.15) is 11.5 Å². The van der Waals surface area contributed by atoms with Crippen molar-refractivity contribution in [3.63, 3.8) is 0 Å². The molecule has 1 atom stereocenters. The number of rotatable bonds is 5. The van der Waals surface area contributed by atoms with Crippen LogP contribution in [0.3, 0.4) is 0 Å². The fourth-order valence-electron chi connectivity index (χ4n) is 2.44. The maximum atomic E-state index is 12.2. The van der Waals surface area contributed by atoms with Gasteiger partial charge in [-0.25, -0.2) is 4.98 Å². The van der Waals surface area contributed by atoms with E-state index < -0.39 is 0 Å². The average molecular weight is 328 g/mol. The Labute approximate surface area is 141 Å². The standard InChI is InChI=1S/C18H20N2O4/c1-14-12-20(9-10-22-14)18(21)13-23-15-5-4-6-16(11-15)24-17-7-2-3-8-19-17/h2-8,11,14H,9-10,12-13H2,1H3/t14-/m1/s1. The lowest BCUT2D eigenvalue weighted by molar-refractivity contribution is -0.140. The molecule has 0 unspecified atom stereocenters. The lowest BCUT2D eigenvalue weighted by atomic mass is 10.3. The van der Waals surface area contributed by atoms with Gasteiger partial charge in [-0.1, -0.05) is 12.1 Å². The first-order chi connectivity index (χ1) is 11.7. The molecule has 1 amide bonds. The van der Waals surface area contributed by atoms with Gasteiger partial charge in [-0.15, -0.1) is 0 Å². The van der Waals surface area contributed by atoms with Crippen LogP contribution in [0.15, 0.2) is 48.7 Å². The molecule has 3 rings (SSSR count). The summed E-state index contributed by atoms with van der Waals surface area (Å²) >= 11 is 0. The molecule has 1 fully saturated rings. The highest BCUT2D eigenvalue weighted by atomic mass is 16.5. The topological polar surface area (TPSA) is 60.9 Å². The van der Waals surface area contributed by atoms with E-state index in [1.54, 1.807) is 29.3 Å². The van der Waals surface area contributed by atoms with Gasteiger partial charge in [0.15, 0.2) is 6.61 Å². The van der Waals surface area contributed by atoms with Crippen LogP contribution in [0.4, 0.5) is 0 Å². The van der Waals surface area contributed by atoms with E-state index in [9.17, 15) is 4.79 Å². The number of carbonyl (C=O) groups is 1. The van der Waals surface area contributed by atoms with E-state index >= 15 is 0 Å². The van der Waals surface area contributed by atoms with Gasteiger partial charge in [0.05, 0.1) is 12.7 Å². The zero-order chi connectivity index (χ0) is 16.8. The van der Waals surface area contributed by atoms with E-state index in [-0.39, 0.29) is 18.6 Å². The van der Waals surface area contributed by atoms with E-state index in [4.69, 9.17) is 14.2 Å². The van der Waals surface area contributed by atoms with Crippen molar-refractivity contribution in [2.45, 2.75) is 13.0 Å². The number of aromatic nitrogens is 1. The van der Waals surface area contributed by atoms with Crippen LogP contribution >= 0.6 is 0 Å². The lowest BCUT2D eigenvalue weighted by Gasteiger charge is -2.31. The fourth-order valence-corrected chi connectivity index (χ4v) is 2.44. The van der Waals surface area contributed by atoms with Crippen LogP contribution in [0.1, 0.15) is 6.92 Å². The van der Waals surface area contributed by atoms with E-state index in [2.05, 4.69) is 4.98 Å². The molecule has 0 spiro atoms. The van der Waals surface area contributed by atoms with Crippen molar-refractivity contribution < 1.29 is 19.0 Å². The Hall–Kier alpha value is -2.60. The third-order valence-electron chi connectivity index (χ3n) is 3.62. The van der Waals surface area contributed by atoms with Crippen molar-refractivity contribution in [2.75, 3.05) is 26.3 Å². The second-order valence-electron chi connectivity index (χ2n) is 5.55. The van der Waals surface area contributed by atoms with E-state index in [0.717, 1.165) is 0 Å². The molecule has 126 valence electrons. The Kier molecular flexibility index (Phi) is 5.28. The molecule has 2 heterocycles. The summed E-state index contributed by atoms with van der Waals surface area (Å²) in [5, 5.41) is 0. The second-order valence-corrected chi connectivity index (χ2v) is 5.55. The first-order valence-corrected chi connectivity index (χ1v) is 7.92. The molecule has 0 aliphatic carbocycles. The van der Waals surface area contributed by atoms with Crippen LogP contribution in [0.25, 0.3) is 0 Å². The summed E-state index contributed by atoms with van der Waals surface area (Å²) < 4.78 is 16.7. The summed E-state index contributed by atoms with van der Waals surface area (Å²) in [4.78, 5) is 18.1.